The Morgan fingerprint density at radius 1 is 1.26 bits per heavy atom. The van der Waals surface area contributed by atoms with E-state index in [1.807, 2.05) is 32.3 Å². The predicted octanol–water partition coefficient (Wildman–Crippen LogP) is 1.55. The predicted molar refractivity (Wildman–Crippen MR) is 82.3 cm³/mol. The number of methoxy groups -OCH3 is 2. The molecule has 0 spiro atoms. The molecule has 0 fully saturated rings. The van der Waals surface area contributed by atoms with Gasteiger partial charge in [-0.05, 0) is 38.4 Å². The van der Waals surface area contributed by atoms with Crippen molar-refractivity contribution in [2.24, 2.45) is 0 Å². The van der Waals surface area contributed by atoms with Crippen molar-refractivity contribution in [1.29, 1.82) is 0 Å². The minimum absolute atomic E-state index is 0.563. The summed E-state index contributed by atoms with van der Waals surface area (Å²) in [6, 6.07) is 5.52. The van der Waals surface area contributed by atoms with Gasteiger partial charge in [0.1, 0.15) is 11.5 Å². The van der Waals surface area contributed by atoms with Gasteiger partial charge in [-0.25, -0.2) is 0 Å². The molecule has 19 heavy (non-hydrogen) atoms. The monoisotopic (exact) mass is 283 g/mol. The highest BCUT2D eigenvalue weighted by atomic mass is 32.1. The molecule has 0 aliphatic rings. The lowest BCUT2D eigenvalue weighted by Gasteiger charge is -2.15. The van der Waals surface area contributed by atoms with Crippen molar-refractivity contribution in [3.63, 3.8) is 0 Å². The second-order valence-electron chi connectivity index (χ2n) is 4.25. The largest absolute Gasteiger partial charge is 0.497 e. The Bertz CT molecular complexity index is 424. The highest BCUT2D eigenvalue weighted by Crippen LogP contribution is 2.28. The summed E-state index contributed by atoms with van der Waals surface area (Å²) in [6.45, 7) is 1.70. The smallest absolute Gasteiger partial charge is 0.170 e. The van der Waals surface area contributed by atoms with Crippen molar-refractivity contribution in [2.45, 2.75) is 0 Å². The lowest BCUT2D eigenvalue weighted by atomic mass is 10.2. The maximum atomic E-state index is 5.27. The highest BCUT2D eigenvalue weighted by molar-refractivity contribution is 7.80. The SMILES string of the molecule is COc1ccc(OC)c(NC(=S)NCCN(C)C)c1. The van der Waals surface area contributed by atoms with Gasteiger partial charge in [-0.3, -0.25) is 0 Å². The lowest BCUT2D eigenvalue weighted by Crippen LogP contribution is -2.34. The summed E-state index contributed by atoms with van der Waals surface area (Å²) in [5, 5.41) is 6.80. The number of thiocarbonyl (C=S) groups is 1. The molecule has 2 N–H and O–H groups in total. The number of rotatable bonds is 6. The number of nitrogens with zero attached hydrogens (tertiary/aromatic N) is 1. The Morgan fingerprint density at radius 2 is 2.00 bits per heavy atom. The van der Waals surface area contributed by atoms with Crippen molar-refractivity contribution in [2.75, 3.05) is 46.7 Å². The molecule has 1 aromatic rings. The number of benzene rings is 1. The Labute approximate surface area is 119 Å². The van der Waals surface area contributed by atoms with E-state index in [1.54, 1.807) is 14.2 Å². The van der Waals surface area contributed by atoms with Crippen LogP contribution in [0.15, 0.2) is 18.2 Å². The molecular weight excluding hydrogens is 262 g/mol. The van der Waals surface area contributed by atoms with Crippen LogP contribution < -0.4 is 20.1 Å². The van der Waals surface area contributed by atoms with Gasteiger partial charge in [-0.15, -0.1) is 0 Å². The van der Waals surface area contributed by atoms with E-state index < -0.39 is 0 Å². The quantitative estimate of drug-likeness (QED) is 0.773. The van der Waals surface area contributed by atoms with Crippen LogP contribution >= 0.6 is 12.2 Å². The van der Waals surface area contributed by atoms with Gasteiger partial charge in [0.15, 0.2) is 5.11 Å². The van der Waals surface area contributed by atoms with Crippen molar-refractivity contribution < 1.29 is 9.47 Å². The third-order valence-electron chi connectivity index (χ3n) is 2.50. The number of likely N-dealkylation sites (N-methyl/N-ethyl adjacent to an activating group) is 1. The molecule has 1 aromatic carbocycles. The number of ether oxygens (including phenoxy) is 2. The summed E-state index contributed by atoms with van der Waals surface area (Å²) < 4.78 is 10.5. The van der Waals surface area contributed by atoms with Crippen LogP contribution in [-0.4, -0.2) is 51.4 Å². The molecule has 0 aromatic heterocycles. The zero-order valence-corrected chi connectivity index (χ0v) is 12.6. The summed E-state index contributed by atoms with van der Waals surface area (Å²) >= 11 is 5.24. The van der Waals surface area contributed by atoms with Gasteiger partial charge in [0.05, 0.1) is 19.9 Å². The maximum absolute atomic E-state index is 5.27. The third-order valence-corrected chi connectivity index (χ3v) is 2.75. The zero-order chi connectivity index (χ0) is 14.3. The molecule has 0 aliphatic heterocycles. The van der Waals surface area contributed by atoms with E-state index in [4.69, 9.17) is 21.7 Å². The molecule has 0 aliphatic carbocycles. The minimum atomic E-state index is 0.563. The molecule has 6 heteroatoms. The summed E-state index contributed by atoms with van der Waals surface area (Å²) in [5.41, 5.74) is 0.782. The molecule has 0 heterocycles. The van der Waals surface area contributed by atoms with E-state index in [0.717, 1.165) is 30.3 Å². The molecule has 0 bridgehead atoms. The zero-order valence-electron chi connectivity index (χ0n) is 11.8. The molecule has 0 saturated carbocycles. The number of anilines is 1. The second kappa shape index (κ2) is 7.81. The molecular formula is C13H21N3O2S. The Balaban J connectivity index is 2.61. The summed E-state index contributed by atoms with van der Waals surface area (Å²) in [4.78, 5) is 2.09. The fourth-order valence-electron chi connectivity index (χ4n) is 1.47. The van der Waals surface area contributed by atoms with Crippen LogP contribution in [0.4, 0.5) is 5.69 Å². The highest BCUT2D eigenvalue weighted by Gasteiger charge is 2.06. The Hall–Kier alpha value is -1.53. The Kier molecular flexibility index (Phi) is 6.38. The van der Waals surface area contributed by atoms with Crippen molar-refractivity contribution in [3.05, 3.63) is 18.2 Å². The average molecular weight is 283 g/mol. The van der Waals surface area contributed by atoms with E-state index in [9.17, 15) is 0 Å². The standard InChI is InChI=1S/C13H21N3O2S/c1-16(2)8-7-14-13(19)15-11-9-10(17-3)5-6-12(11)18-4/h5-6,9H,7-8H2,1-4H3,(H2,14,15,19). The van der Waals surface area contributed by atoms with Gasteiger partial charge in [0.2, 0.25) is 0 Å². The molecule has 0 unspecified atom stereocenters. The first-order valence-electron chi connectivity index (χ1n) is 5.98. The van der Waals surface area contributed by atoms with Crippen LogP contribution in [0, 0.1) is 0 Å². The topological polar surface area (TPSA) is 45.8 Å². The van der Waals surface area contributed by atoms with E-state index in [0.29, 0.717) is 5.11 Å². The van der Waals surface area contributed by atoms with Gasteiger partial charge in [-0.1, -0.05) is 0 Å². The first-order chi connectivity index (χ1) is 9.06. The molecule has 5 nitrogen and oxygen atoms in total. The van der Waals surface area contributed by atoms with Gasteiger partial charge >= 0.3 is 0 Å². The molecule has 106 valence electrons. The lowest BCUT2D eigenvalue weighted by molar-refractivity contribution is 0.404. The van der Waals surface area contributed by atoms with Crippen LogP contribution in [0.25, 0.3) is 0 Å². The van der Waals surface area contributed by atoms with E-state index in [1.165, 1.54) is 0 Å². The van der Waals surface area contributed by atoms with Gasteiger partial charge in [0.25, 0.3) is 0 Å². The fraction of sp³-hybridized carbons (Fsp3) is 0.462. The second-order valence-corrected chi connectivity index (χ2v) is 4.66. The van der Waals surface area contributed by atoms with Crippen LogP contribution in [0.3, 0.4) is 0 Å². The first kappa shape index (κ1) is 15.5. The molecule has 1 rings (SSSR count). The van der Waals surface area contributed by atoms with Crippen LogP contribution in [0.2, 0.25) is 0 Å². The summed E-state index contributed by atoms with van der Waals surface area (Å²) in [6.07, 6.45) is 0. The van der Waals surface area contributed by atoms with Gasteiger partial charge in [-0.2, -0.15) is 0 Å². The summed E-state index contributed by atoms with van der Waals surface area (Å²) in [7, 11) is 7.28. The average Bonchev–Trinajstić information content (AvgIpc) is 2.38. The molecule has 0 radical (unpaired) electrons. The fourth-order valence-corrected chi connectivity index (χ4v) is 1.68. The van der Waals surface area contributed by atoms with Crippen LogP contribution in [0.5, 0.6) is 11.5 Å². The molecule has 0 saturated heterocycles. The van der Waals surface area contributed by atoms with Crippen molar-refractivity contribution in [1.82, 2.24) is 10.2 Å². The molecule has 0 atom stereocenters. The molecule has 0 amide bonds. The van der Waals surface area contributed by atoms with Crippen molar-refractivity contribution in [3.8, 4) is 11.5 Å². The van der Waals surface area contributed by atoms with E-state index in [2.05, 4.69) is 15.5 Å². The van der Waals surface area contributed by atoms with Crippen LogP contribution in [0.1, 0.15) is 0 Å². The van der Waals surface area contributed by atoms with Crippen molar-refractivity contribution >= 4 is 23.0 Å². The normalized spacial score (nSPS) is 10.2. The first-order valence-corrected chi connectivity index (χ1v) is 6.39. The number of hydrogen-bond donors (Lipinski definition) is 2. The van der Waals surface area contributed by atoms with Gasteiger partial charge < -0.3 is 25.0 Å². The van der Waals surface area contributed by atoms with E-state index in [-0.39, 0.29) is 0 Å². The third kappa shape index (κ3) is 5.32. The van der Waals surface area contributed by atoms with Crippen LogP contribution in [-0.2, 0) is 0 Å². The minimum Gasteiger partial charge on any atom is -0.497 e. The number of nitrogens with one attached hydrogen (secondary N) is 2. The maximum Gasteiger partial charge on any atom is 0.170 e. The Morgan fingerprint density at radius 3 is 2.58 bits per heavy atom. The summed E-state index contributed by atoms with van der Waals surface area (Å²) in [5.74, 6) is 1.47. The number of hydrogen-bond acceptors (Lipinski definition) is 4. The van der Waals surface area contributed by atoms with E-state index >= 15 is 0 Å². The van der Waals surface area contributed by atoms with Gasteiger partial charge in [0, 0.05) is 19.2 Å².